The van der Waals surface area contributed by atoms with Gasteiger partial charge < -0.3 is 30.2 Å². The van der Waals surface area contributed by atoms with Crippen LogP contribution >= 0.6 is 11.6 Å². The Labute approximate surface area is 340 Å². The molecule has 0 atom stereocenters. The van der Waals surface area contributed by atoms with Gasteiger partial charge in [-0.3, -0.25) is 14.6 Å². The van der Waals surface area contributed by atoms with E-state index in [1.165, 1.54) is 62.5 Å². The number of methoxy groups -OCH3 is 2. The molecule has 57 heavy (non-hydrogen) atoms. The minimum absolute atomic E-state index is 0.0195. The fourth-order valence-corrected chi connectivity index (χ4v) is 3.29. The summed E-state index contributed by atoms with van der Waals surface area (Å²) >= 11 is 5.49. The Bertz CT molecular complexity index is 1770. The van der Waals surface area contributed by atoms with E-state index in [1.54, 1.807) is 52.5 Å². The molecule has 3 amide bonds. The van der Waals surface area contributed by atoms with Crippen molar-refractivity contribution in [3.05, 3.63) is 138 Å². The van der Waals surface area contributed by atoms with E-state index in [9.17, 15) is 32.3 Å². The van der Waals surface area contributed by atoms with Crippen molar-refractivity contribution in [2.24, 2.45) is 0 Å². The first-order valence-electron chi connectivity index (χ1n) is 17.2. The standard InChI is InChI=1S/C8H8ClFN2O.C8H8FNO.C8H9FO.C7H9NO.C5H8O.C4H8O.C3H4/c1-11-8(13)12-5-2-3-7(10)6(9)4-5;1-6(11)10-8-4-2-3-7(9)5-8;1-10-6-7-3-2-4-8(9)5-7;1-9-6-7-4-2-3-5-8-7;1-3-5(6)4-2;1-3-4(2)5;1-3-2/h2-4H,1H3,(H2,11,12,13);2-5H,1H3,(H,10,11);2-5H,6H2,1H3;2-5H,6H2,1H3;3H,1,4H2,2H3;3H2,1-2H3;1H,2H3. The number of amides is 3. The lowest BCUT2D eigenvalue weighted by Gasteiger charge is -2.04. The maximum atomic E-state index is 12.7. The smallest absolute Gasteiger partial charge is 0.318 e. The molecule has 0 unspecified atom stereocenters. The van der Waals surface area contributed by atoms with E-state index in [0.29, 0.717) is 37.4 Å². The normalized spacial score (nSPS) is 8.75. The summed E-state index contributed by atoms with van der Waals surface area (Å²) in [6.45, 7) is 12.6. The quantitative estimate of drug-likeness (QED) is 0.113. The van der Waals surface area contributed by atoms with Crippen LogP contribution in [0.1, 0.15) is 58.7 Å². The Morgan fingerprint density at radius 1 is 0.825 bits per heavy atom. The third-order valence-electron chi connectivity index (χ3n) is 5.84. The number of ketones is 2. The summed E-state index contributed by atoms with van der Waals surface area (Å²) in [6, 6.07) is 21.5. The van der Waals surface area contributed by atoms with Gasteiger partial charge in [-0.05, 0) is 86.2 Å². The highest BCUT2D eigenvalue weighted by atomic mass is 35.5. The number of nitrogens with zero attached hydrogens (tertiary/aromatic N) is 1. The number of Topliss-reactive ketones (excluding diaryl/α,β-unsaturated/α-hetero) is 1. The van der Waals surface area contributed by atoms with Crippen molar-refractivity contribution < 1.29 is 41.8 Å². The Balaban J connectivity index is -0.000000619. The number of hydrogen-bond donors (Lipinski definition) is 3. The molecule has 0 radical (unpaired) electrons. The van der Waals surface area contributed by atoms with Crippen LogP contribution in [0.5, 0.6) is 0 Å². The number of aromatic nitrogens is 1. The predicted molar refractivity (Wildman–Crippen MR) is 223 cm³/mol. The first-order chi connectivity index (χ1) is 27.1. The van der Waals surface area contributed by atoms with Crippen molar-refractivity contribution >= 4 is 46.5 Å². The summed E-state index contributed by atoms with van der Waals surface area (Å²) in [6.07, 6.45) is 8.93. The molecular formula is C43H54ClF3N4O6. The van der Waals surface area contributed by atoms with E-state index >= 15 is 0 Å². The highest BCUT2D eigenvalue weighted by Gasteiger charge is 2.02. The zero-order valence-electron chi connectivity index (χ0n) is 33.8. The maximum absolute atomic E-state index is 12.7. The second kappa shape index (κ2) is 37.1. The van der Waals surface area contributed by atoms with Crippen LogP contribution in [-0.2, 0) is 37.1 Å². The van der Waals surface area contributed by atoms with E-state index in [0.717, 1.165) is 11.3 Å². The van der Waals surface area contributed by atoms with Crippen molar-refractivity contribution in [1.29, 1.82) is 0 Å². The molecule has 0 saturated heterocycles. The molecular weight excluding hydrogens is 761 g/mol. The van der Waals surface area contributed by atoms with Crippen molar-refractivity contribution in [3.8, 4) is 12.3 Å². The van der Waals surface area contributed by atoms with E-state index in [1.807, 2.05) is 38.1 Å². The third kappa shape index (κ3) is 35.6. The van der Waals surface area contributed by atoms with Gasteiger partial charge in [0.15, 0.2) is 5.78 Å². The van der Waals surface area contributed by atoms with Gasteiger partial charge >= 0.3 is 6.03 Å². The Morgan fingerprint density at radius 3 is 1.79 bits per heavy atom. The number of allylic oxidation sites excluding steroid dienone is 1. The van der Waals surface area contributed by atoms with Gasteiger partial charge in [-0.15, -0.1) is 12.3 Å². The zero-order chi connectivity index (χ0) is 44.0. The van der Waals surface area contributed by atoms with Crippen LogP contribution in [0.25, 0.3) is 0 Å². The molecule has 0 spiro atoms. The molecule has 0 fully saturated rings. The third-order valence-corrected chi connectivity index (χ3v) is 6.13. The second-order valence-electron chi connectivity index (χ2n) is 10.7. The molecule has 14 heteroatoms. The predicted octanol–water partition coefficient (Wildman–Crippen LogP) is 9.99. The Hall–Kier alpha value is -5.81. The molecule has 0 aliphatic carbocycles. The number of halogens is 4. The van der Waals surface area contributed by atoms with Crippen molar-refractivity contribution in [3.63, 3.8) is 0 Å². The number of nitrogens with one attached hydrogen (secondary N) is 3. The van der Waals surface area contributed by atoms with E-state index in [2.05, 4.69) is 39.9 Å². The Morgan fingerprint density at radius 2 is 1.39 bits per heavy atom. The molecule has 0 bridgehead atoms. The van der Waals surface area contributed by atoms with Crippen LogP contribution < -0.4 is 16.0 Å². The number of carbonyl (C=O) groups excluding carboxylic acids is 4. The summed E-state index contributed by atoms with van der Waals surface area (Å²) in [5.74, 6) is 1.34. The average Bonchev–Trinajstić information content (AvgIpc) is 3.18. The van der Waals surface area contributed by atoms with Gasteiger partial charge in [-0.1, -0.05) is 56.3 Å². The number of ether oxygens (including phenoxy) is 2. The monoisotopic (exact) mass is 814 g/mol. The minimum Gasteiger partial charge on any atom is -0.380 e. The van der Waals surface area contributed by atoms with Crippen molar-refractivity contribution in [2.75, 3.05) is 31.9 Å². The van der Waals surface area contributed by atoms with E-state index in [4.69, 9.17) is 21.1 Å². The zero-order valence-corrected chi connectivity index (χ0v) is 34.5. The Kier molecular flexibility index (Phi) is 36.2. The van der Waals surface area contributed by atoms with Crippen LogP contribution in [0, 0.1) is 29.8 Å². The largest absolute Gasteiger partial charge is 0.380 e. The highest BCUT2D eigenvalue weighted by Crippen LogP contribution is 2.19. The van der Waals surface area contributed by atoms with Gasteiger partial charge in [0, 0.05) is 58.6 Å². The van der Waals surface area contributed by atoms with Crippen LogP contribution in [0.2, 0.25) is 5.02 Å². The molecule has 4 rings (SSSR count). The van der Waals surface area contributed by atoms with Gasteiger partial charge in [0.1, 0.15) is 23.2 Å². The molecule has 310 valence electrons. The number of urea groups is 1. The van der Waals surface area contributed by atoms with E-state index in [-0.39, 0.29) is 40.2 Å². The summed E-state index contributed by atoms with van der Waals surface area (Å²) in [5.41, 5.74) is 2.77. The lowest BCUT2D eigenvalue weighted by molar-refractivity contribution is -0.117. The molecule has 1 aromatic heterocycles. The number of carbonyl (C=O) groups is 4. The fraction of sp³-hybridized carbons (Fsp3) is 0.279. The van der Waals surface area contributed by atoms with Gasteiger partial charge in [-0.25, -0.2) is 18.0 Å². The van der Waals surface area contributed by atoms with Gasteiger partial charge in [0.2, 0.25) is 5.91 Å². The molecule has 1 heterocycles. The highest BCUT2D eigenvalue weighted by molar-refractivity contribution is 6.31. The second-order valence-corrected chi connectivity index (χ2v) is 11.1. The summed E-state index contributed by atoms with van der Waals surface area (Å²) in [7, 11) is 4.74. The number of anilines is 2. The SMILES string of the molecule is C#CC.C=CC(=O)CC.CC(=O)Nc1cccc(F)c1.CCC(C)=O.CNC(=O)Nc1ccc(F)c(Cl)c1.COCc1cccc(F)c1.COCc1ccccn1. The summed E-state index contributed by atoms with van der Waals surface area (Å²) < 4.78 is 47.2. The number of pyridine rings is 1. The molecule has 4 aromatic rings. The number of hydrogen-bond acceptors (Lipinski definition) is 7. The molecule has 3 aromatic carbocycles. The van der Waals surface area contributed by atoms with E-state index < -0.39 is 5.82 Å². The molecule has 0 aliphatic heterocycles. The topological polar surface area (TPSA) is 136 Å². The first kappa shape index (κ1) is 55.5. The minimum atomic E-state index is -0.510. The maximum Gasteiger partial charge on any atom is 0.318 e. The van der Waals surface area contributed by atoms with Crippen LogP contribution in [-0.4, -0.2) is 49.8 Å². The van der Waals surface area contributed by atoms with Crippen molar-refractivity contribution in [1.82, 2.24) is 10.3 Å². The average molecular weight is 815 g/mol. The number of terminal acetylenes is 1. The van der Waals surface area contributed by atoms with Crippen LogP contribution in [0.3, 0.4) is 0 Å². The van der Waals surface area contributed by atoms with Crippen LogP contribution in [0.15, 0.2) is 104 Å². The molecule has 0 aliphatic rings. The number of benzene rings is 3. The van der Waals surface area contributed by atoms with Gasteiger partial charge in [-0.2, -0.15) is 0 Å². The fourth-order valence-electron chi connectivity index (χ4n) is 3.11. The van der Waals surface area contributed by atoms with Gasteiger partial charge in [0.05, 0.1) is 23.9 Å². The van der Waals surface area contributed by atoms with Crippen LogP contribution in [0.4, 0.5) is 29.3 Å². The summed E-state index contributed by atoms with van der Waals surface area (Å²) in [4.78, 5) is 45.2. The molecule has 3 N–H and O–H groups in total. The van der Waals surface area contributed by atoms with Crippen molar-refractivity contribution in [2.45, 2.75) is 60.7 Å². The van der Waals surface area contributed by atoms with Gasteiger partial charge in [0.25, 0.3) is 0 Å². The first-order valence-corrected chi connectivity index (χ1v) is 17.6. The number of rotatable bonds is 9. The molecule has 10 nitrogen and oxygen atoms in total. The lowest BCUT2D eigenvalue weighted by Crippen LogP contribution is -2.24. The summed E-state index contributed by atoms with van der Waals surface area (Å²) in [5, 5.41) is 7.27. The molecule has 0 saturated carbocycles. The lowest BCUT2D eigenvalue weighted by atomic mass is 10.2.